The van der Waals surface area contributed by atoms with E-state index in [0.717, 1.165) is 19.3 Å². The Labute approximate surface area is 163 Å². The molecule has 0 heterocycles. The van der Waals surface area contributed by atoms with Crippen LogP contribution >= 0.6 is 0 Å². The van der Waals surface area contributed by atoms with Crippen LogP contribution in [-0.4, -0.2) is 88.1 Å². The first-order valence-corrected chi connectivity index (χ1v) is 8.83. The third-order valence-electron chi connectivity index (χ3n) is 3.92. The van der Waals surface area contributed by atoms with Crippen LogP contribution in [0.25, 0.3) is 0 Å². The van der Waals surface area contributed by atoms with Crippen molar-refractivity contribution < 1.29 is 20.1 Å². The minimum absolute atomic E-state index is 0. The Kier molecular flexibility index (Phi) is 20.8. The number of aliphatic hydroxyl groups is 2. The first-order chi connectivity index (χ1) is 10.6. The van der Waals surface area contributed by atoms with Crippen molar-refractivity contribution >= 4 is 35.5 Å². The van der Waals surface area contributed by atoms with Gasteiger partial charge in [0.05, 0.1) is 19.1 Å². The summed E-state index contributed by atoms with van der Waals surface area (Å²) >= 11 is 0. The summed E-state index contributed by atoms with van der Waals surface area (Å²) in [6.45, 7) is 3.46. The van der Waals surface area contributed by atoms with E-state index in [1.165, 1.54) is 38.5 Å². The van der Waals surface area contributed by atoms with E-state index in [1.54, 1.807) is 0 Å². The number of nitrogens with zero attached hydrogens (tertiary/aromatic N) is 1. The molecule has 5 nitrogen and oxygen atoms in total. The molecule has 134 valence electrons. The first kappa shape index (κ1) is 25.6. The number of aliphatic carboxylic acids is 1. The van der Waals surface area contributed by atoms with Crippen molar-refractivity contribution in [2.24, 2.45) is 0 Å². The zero-order valence-electron chi connectivity index (χ0n) is 14.2. The summed E-state index contributed by atoms with van der Waals surface area (Å²) in [5.74, 6) is -0.847. The van der Waals surface area contributed by atoms with E-state index in [9.17, 15) is 9.90 Å². The SMILES string of the molecule is CCCCCCCCCCC(O)CN(CCO)CCC(=O)O.[NaH]. The Morgan fingerprint density at radius 3 is 2.09 bits per heavy atom. The molecule has 0 aromatic carbocycles. The fourth-order valence-corrected chi connectivity index (χ4v) is 2.59. The Balaban J connectivity index is 0. The van der Waals surface area contributed by atoms with Gasteiger partial charge >= 0.3 is 35.5 Å². The Morgan fingerprint density at radius 1 is 1.00 bits per heavy atom. The van der Waals surface area contributed by atoms with Crippen molar-refractivity contribution in [3.05, 3.63) is 0 Å². The Bertz CT molecular complexity index is 267. The molecule has 0 aliphatic carbocycles. The maximum absolute atomic E-state index is 10.6. The zero-order valence-corrected chi connectivity index (χ0v) is 14.2. The number of carboxylic acid groups (broad SMARTS) is 1. The summed E-state index contributed by atoms with van der Waals surface area (Å²) in [6.07, 6.45) is 10.3. The average molecular weight is 341 g/mol. The van der Waals surface area contributed by atoms with Crippen molar-refractivity contribution in [2.45, 2.75) is 77.2 Å². The van der Waals surface area contributed by atoms with Crippen LogP contribution < -0.4 is 0 Å². The van der Waals surface area contributed by atoms with Gasteiger partial charge in [0.2, 0.25) is 0 Å². The van der Waals surface area contributed by atoms with E-state index in [4.69, 9.17) is 10.2 Å². The number of rotatable bonds is 16. The zero-order chi connectivity index (χ0) is 16.6. The van der Waals surface area contributed by atoms with Gasteiger partial charge in [-0.15, -0.1) is 0 Å². The molecule has 0 aliphatic rings. The van der Waals surface area contributed by atoms with Gasteiger partial charge in [-0.1, -0.05) is 58.3 Å². The molecule has 23 heavy (non-hydrogen) atoms. The predicted octanol–water partition coefficient (Wildman–Crippen LogP) is 2.00. The molecule has 0 bridgehead atoms. The fourth-order valence-electron chi connectivity index (χ4n) is 2.59. The number of carboxylic acids is 1. The van der Waals surface area contributed by atoms with Crippen molar-refractivity contribution in [2.75, 3.05) is 26.2 Å². The second-order valence-corrected chi connectivity index (χ2v) is 6.09. The molecule has 0 aliphatic heterocycles. The normalized spacial score (nSPS) is 12.2. The molecule has 6 heteroatoms. The Hall–Kier alpha value is 0.350. The summed E-state index contributed by atoms with van der Waals surface area (Å²) < 4.78 is 0. The summed E-state index contributed by atoms with van der Waals surface area (Å²) in [4.78, 5) is 12.4. The van der Waals surface area contributed by atoms with Crippen molar-refractivity contribution in [1.29, 1.82) is 0 Å². The number of unbranched alkanes of at least 4 members (excludes halogenated alkanes) is 7. The van der Waals surface area contributed by atoms with Gasteiger partial charge in [-0.05, 0) is 6.42 Å². The third kappa shape index (κ3) is 18.5. The number of hydrogen-bond donors (Lipinski definition) is 3. The Morgan fingerprint density at radius 2 is 1.57 bits per heavy atom. The second-order valence-electron chi connectivity index (χ2n) is 6.09. The van der Waals surface area contributed by atoms with Crippen LogP contribution in [0.1, 0.15) is 71.1 Å². The molecule has 0 amide bonds. The number of aliphatic hydroxyl groups excluding tert-OH is 2. The predicted molar refractivity (Wildman–Crippen MR) is 96.2 cm³/mol. The van der Waals surface area contributed by atoms with E-state index < -0.39 is 12.1 Å². The van der Waals surface area contributed by atoms with Crippen LogP contribution in [0.4, 0.5) is 0 Å². The van der Waals surface area contributed by atoms with Gasteiger partial charge in [-0.3, -0.25) is 9.69 Å². The van der Waals surface area contributed by atoms with Crippen molar-refractivity contribution in [1.82, 2.24) is 4.90 Å². The van der Waals surface area contributed by atoms with E-state index in [2.05, 4.69) is 6.92 Å². The summed E-state index contributed by atoms with van der Waals surface area (Å²) in [5.41, 5.74) is 0. The summed E-state index contributed by atoms with van der Waals surface area (Å²) in [5, 5.41) is 27.7. The molecule has 0 spiro atoms. The fraction of sp³-hybridized carbons (Fsp3) is 0.941. The van der Waals surface area contributed by atoms with Gasteiger partial charge in [0, 0.05) is 19.6 Å². The molecule has 0 saturated heterocycles. The second kappa shape index (κ2) is 18.7. The van der Waals surface area contributed by atoms with Crippen molar-refractivity contribution in [3.8, 4) is 0 Å². The standard InChI is InChI=1S/C17H35NO4.Na.H/c1-2-3-4-5-6-7-8-9-10-16(20)15-18(13-14-19)12-11-17(21)22;;/h16,19-20H,2-15H2,1H3,(H,21,22);;. The van der Waals surface area contributed by atoms with Crippen LogP contribution in [0, 0.1) is 0 Å². The number of hydrogen-bond acceptors (Lipinski definition) is 4. The van der Waals surface area contributed by atoms with Crippen LogP contribution in [0.2, 0.25) is 0 Å². The van der Waals surface area contributed by atoms with Crippen LogP contribution in [0.5, 0.6) is 0 Å². The van der Waals surface area contributed by atoms with Crippen LogP contribution in [0.15, 0.2) is 0 Å². The summed E-state index contributed by atoms with van der Waals surface area (Å²) in [6, 6.07) is 0. The quantitative estimate of drug-likeness (QED) is 0.295. The average Bonchev–Trinajstić information content (AvgIpc) is 2.47. The molecule has 0 fully saturated rings. The van der Waals surface area contributed by atoms with Gasteiger partial charge in [-0.2, -0.15) is 0 Å². The topological polar surface area (TPSA) is 81.0 Å². The first-order valence-electron chi connectivity index (χ1n) is 8.83. The minimum atomic E-state index is -0.847. The monoisotopic (exact) mass is 341 g/mol. The van der Waals surface area contributed by atoms with Gasteiger partial charge in [0.1, 0.15) is 0 Å². The van der Waals surface area contributed by atoms with E-state index >= 15 is 0 Å². The molecule has 3 N–H and O–H groups in total. The molecular weight excluding hydrogens is 305 g/mol. The summed E-state index contributed by atoms with van der Waals surface area (Å²) in [7, 11) is 0. The van der Waals surface area contributed by atoms with Crippen LogP contribution in [0.3, 0.4) is 0 Å². The molecule has 0 radical (unpaired) electrons. The van der Waals surface area contributed by atoms with Crippen LogP contribution in [-0.2, 0) is 4.79 Å². The maximum atomic E-state index is 10.6. The van der Waals surface area contributed by atoms with Gasteiger partial charge in [-0.25, -0.2) is 0 Å². The van der Waals surface area contributed by atoms with Crippen molar-refractivity contribution in [3.63, 3.8) is 0 Å². The molecule has 1 atom stereocenters. The molecule has 0 aromatic rings. The molecular formula is C17H36NNaO4. The molecule has 1 unspecified atom stereocenters. The third-order valence-corrected chi connectivity index (χ3v) is 3.92. The van der Waals surface area contributed by atoms with E-state index in [0.29, 0.717) is 19.6 Å². The number of carbonyl (C=O) groups is 1. The van der Waals surface area contributed by atoms with E-state index in [1.807, 2.05) is 4.90 Å². The molecule has 0 rings (SSSR count). The van der Waals surface area contributed by atoms with Gasteiger partial charge < -0.3 is 15.3 Å². The molecule has 0 saturated carbocycles. The molecule has 0 aromatic heterocycles. The van der Waals surface area contributed by atoms with Gasteiger partial charge in [0.25, 0.3) is 0 Å². The van der Waals surface area contributed by atoms with Gasteiger partial charge in [0.15, 0.2) is 0 Å². The van der Waals surface area contributed by atoms with E-state index in [-0.39, 0.29) is 42.6 Å².